The van der Waals surface area contributed by atoms with Gasteiger partial charge in [0.05, 0.1) is 18.8 Å². The number of aliphatic hydroxyl groups excluding tert-OH is 2. The molecule has 0 saturated carbocycles. The maximum atomic E-state index is 12.2. The quantitative estimate of drug-likeness (QED) is 0.0530. The standard InChI is InChI=1S/C39H71NO3/c1-3-5-7-9-11-13-15-16-17-18-19-20-21-22-23-24-25-26-28-30-32-34-38(42)37(36-41)40-39(43)35-33-31-29-27-14-12-10-8-6-4-2/h10,12,21-22,25-26,32,34,37-38,41-42H,3-9,11,13-20,23-24,27-31,33,35-36H2,1-2H3,(H,40,43)/b12-10-,22-21+,26-25+,34-32+. The van der Waals surface area contributed by atoms with Gasteiger partial charge in [0.25, 0.3) is 0 Å². The normalized spacial score (nSPS) is 13.7. The Hall–Kier alpha value is -1.65. The van der Waals surface area contributed by atoms with Crippen molar-refractivity contribution in [2.45, 2.75) is 187 Å². The van der Waals surface area contributed by atoms with Crippen LogP contribution in [0.2, 0.25) is 0 Å². The molecule has 0 aromatic heterocycles. The molecule has 250 valence electrons. The molecule has 0 aliphatic heterocycles. The lowest BCUT2D eigenvalue weighted by Crippen LogP contribution is -2.45. The van der Waals surface area contributed by atoms with E-state index in [4.69, 9.17) is 0 Å². The second-order valence-electron chi connectivity index (χ2n) is 12.3. The zero-order valence-electron chi connectivity index (χ0n) is 28.5. The largest absolute Gasteiger partial charge is 0.394 e. The first kappa shape index (κ1) is 41.4. The molecule has 2 atom stereocenters. The van der Waals surface area contributed by atoms with E-state index in [0.29, 0.717) is 6.42 Å². The predicted molar refractivity (Wildman–Crippen MR) is 188 cm³/mol. The summed E-state index contributed by atoms with van der Waals surface area (Å²) in [6.07, 6.45) is 46.3. The highest BCUT2D eigenvalue weighted by atomic mass is 16.3. The minimum atomic E-state index is -0.872. The summed E-state index contributed by atoms with van der Waals surface area (Å²) >= 11 is 0. The van der Waals surface area contributed by atoms with Crippen LogP contribution in [-0.2, 0) is 4.79 Å². The van der Waals surface area contributed by atoms with Crippen molar-refractivity contribution in [3.05, 3.63) is 48.6 Å². The van der Waals surface area contributed by atoms with Crippen LogP contribution < -0.4 is 5.32 Å². The average molecular weight is 602 g/mol. The molecule has 0 heterocycles. The zero-order valence-corrected chi connectivity index (χ0v) is 28.5. The number of unbranched alkanes of at least 4 members (excludes halogenated alkanes) is 19. The molecule has 0 aliphatic carbocycles. The Morgan fingerprint density at radius 1 is 0.535 bits per heavy atom. The minimum absolute atomic E-state index is 0.0956. The summed E-state index contributed by atoms with van der Waals surface area (Å²) in [5.41, 5.74) is 0. The van der Waals surface area contributed by atoms with Crippen molar-refractivity contribution < 1.29 is 15.0 Å². The molecule has 0 bridgehead atoms. The first-order valence-electron chi connectivity index (χ1n) is 18.4. The second-order valence-corrected chi connectivity index (χ2v) is 12.3. The number of aliphatic hydroxyl groups is 2. The second kappa shape index (κ2) is 34.8. The Bertz CT molecular complexity index is 697. The highest BCUT2D eigenvalue weighted by Crippen LogP contribution is 2.12. The molecule has 0 aromatic carbocycles. The molecule has 4 heteroatoms. The first-order valence-corrected chi connectivity index (χ1v) is 18.4. The van der Waals surface area contributed by atoms with Crippen molar-refractivity contribution in [1.29, 1.82) is 0 Å². The van der Waals surface area contributed by atoms with Crippen molar-refractivity contribution >= 4 is 5.91 Å². The van der Waals surface area contributed by atoms with E-state index in [0.717, 1.165) is 51.4 Å². The summed E-state index contributed by atoms with van der Waals surface area (Å²) in [4.78, 5) is 12.2. The number of hydrogen-bond donors (Lipinski definition) is 3. The van der Waals surface area contributed by atoms with Crippen molar-refractivity contribution in [1.82, 2.24) is 5.32 Å². The maximum absolute atomic E-state index is 12.2. The van der Waals surface area contributed by atoms with E-state index >= 15 is 0 Å². The topological polar surface area (TPSA) is 69.6 Å². The summed E-state index contributed by atoms with van der Waals surface area (Å²) < 4.78 is 0. The van der Waals surface area contributed by atoms with Gasteiger partial charge in [-0.3, -0.25) is 4.79 Å². The average Bonchev–Trinajstić information content (AvgIpc) is 3.01. The minimum Gasteiger partial charge on any atom is -0.394 e. The Morgan fingerprint density at radius 3 is 1.42 bits per heavy atom. The Morgan fingerprint density at radius 2 is 0.930 bits per heavy atom. The van der Waals surface area contributed by atoms with E-state index < -0.39 is 12.1 Å². The third kappa shape index (κ3) is 31.6. The summed E-state index contributed by atoms with van der Waals surface area (Å²) in [6, 6.07) is -0.649. The Labute approximate surface area is 267 Å². The molecule has 0 aromatic rings. The first-order chi connectivity index (χ1) is 21.2. The summed E-state index contributed by atoms with van der Waals surface area (Å²) in [6.45, 7) is 4.22. The fourth-order valence-corrected chi connectivity index (χ4v) is 5.13. The smallest absolute Gasteiger partial charge is 0.220 e. The lowest BCUT2D eigenvalue weighted by molar-refractivity contribution is -0.123. The third-order valence-corrected chi connectivity index (χ3v) is 8.01. The molecular formula is C39H71NO3. The van der Waals surface area contributed by atoms with E-state index in [2.05, 4.69) is 55.6 Å². The van der Waals surface area contributed by atoms with Gasteiger partial charge in [0.1, 0.15) is 0 Å². The van der Waals surface area contributed by atoms with E-state index in [1.54, 1.807) is 6.08 Å². The van der Waals surface area contributed by atoms with Crippen molar-refractivity contribution in [3.8, 4) is 0 Å². The third-order valence-electron chi connectivity index (χ3n) is 8.01. The summed E-state index contributed by atoms with van der Waals surface area (Å²) in [7, 11) is 0. The molecule has 0 aliphatic rings. The fourth-order valence-electron chi connectivity index (χ4n) is 5.13. The van der Waals surface area contributed by atoms with Gasteiger partial charge < -0.3 is 15.5 Å². The Kier molecular flexibility index (Phi) is 33.5. The zero-order chi connectivity index (χ0) is 31.5. The van der Waals surface area contributed by atoms with Crippen LogP contribution in [0.5, 0.6) is 0 Å². The van der Waals surface area contributed by atoms with Gasteiger partial charge >= 0.3 is 0 Å². The van der Waals surface area contributed by atoms with Gasteiger partial charge in [-0.25, -0.2) is 0 Å². The molecule has 1 amide bonds. The van der Waals surface area contributed by atoms with E-state index in [-0.39, 0.29) is 12.5 Å². The monoisotopic (exact) mass is 602 g/mol. The number of amides is 1. The van der Waals surface area contributed by atoms with Crippen LogP contribution in [0.4, 0.5) is 0 Å². The van der Waals surface area contributed by atoms with Crippen LogP contribution >= 0.6 is 0 Å². The van der Waals surface area contributed by atoms with Crippen LogP contribution in [0, 0.1) is 0 Å². The Balaban J connectivity index is 3.70. The van der Waals surface area contributed by atoms with E-state index in [1.165, 1.54) is 103 Å². The van der Waals surface area contributed by atoms with Crippen molar-refractivity contribution in [2.24, 2.45) is 0 Å². The fraction of sp³-hybridized carbons (Fsp3) is 0.769. The van der Waals surface area contributed by atoms with Gasteiger partial charge in [-0.1, -0.05) is 152 Å². The van der Waals surface area contributed by atoms with Gasteiger partial charge in [0, 0.05) is 6.42 Å². The van der Waals surface area contributed by atoms with Crippen molar-refractivity contribution in [2.75, 3.05) is 6.61 Å². The highest BCUT2D eigenvalue weighted by Gasteiger charge is 2.17. The van der Waals surface area contributed by atoms with Gasteiger partial charge in [-0.15, -0.1) is 0 Å². The van der Waals surface area contributed by atoms with Crippen LogP contribution in [0.25, 0.3) is 0 Å². The molecular weight excluding hydrogens is 530 g/mol. The van der Waals surface area contributed by atoms with Crippen molar-refractivity contribution in [3.63, 3.8) is 0 Å². The molecule has 0 spiro atoms. The maximum Gasteiger partial charge on any atom is 0.220 e. The summed E-state index contributed by atoms with van der Waals surface area (Å²) in [5, 5.41) is 22.8. The predicted octanol–water partition coefficient (Wildman–Crippen LogP) is 10.8. The number of rotatable bonds is 32. The molecule has 0 rings (SSSR count). The summed E-state index contributed by atoms with van der Waals surface area (Å²) in [5.74, 6) is -0.0956. The van der Waals surface area contributed by atoms with Gasteiger partial charge in [0.15, 0.2) is 0 Å². The number of carbonyl (C=O) groups is 1. The number of hydrogen-bond acceptors (Lipinski definition) is 3. The van der Waals surface area contributed by atoms with Crippen LogP contribution in [-0.4, -0.2) is 34.9 Å². The highest BCUT2D eigenvalue weighted by molar-refractivity contribution is 5.76. The molecule has 4 nitrogen and oxygen atoms in total. The van der Waals surface area contributed by atoms with Crippen LogP contribution in [0.15, 0.2) is 48.6 Å². The van der Waals surface area contributed by atoms with E-state index in [9.17, 15) is 15.0 Å². The molecule has 0 fully saturated rings. The van der Waals surface area contributed by atoms with Gasteiger partial charge in [-0.05, 0) is 64.2 Å². The lowest BCUT2D eigenvalue weighted by Gasteiger charge is -2.19. The molecule has 0 radical (unpaired) electrons. The number of carbonyl (C=O) groups excluding carboxylic acids is 1. The lowest BCUT2D eigenvalue weighted by atomic mass is 10.1. The molecule has 2 unspecified atom stereocenters. The molecule has 3 N–H and O–H groups in total. The molecule has 43 heavy (non-hydrogen) atoms. The molecule has 0 saturated heterocycles. The number of nitrogens with one attached hydrogen (secondary N) is 1. The van der Waals surface area contributed by atoms with Crippen LogP contribution in [0.3, 0.4) is 0 Å². The van der Waals surface area contributed by atoms with Crippen LogP contribution in [0.1, 0.15) is 174 Å². The van der Waals surface area contributed by atoms with Gasteiger partial charge in [-0.2, -0.15) is 0 Å². The van der Waals surface area contributed by atoms with Gasteiger partial charge in [0.2, 0.25) is 5.91 Å². The van der Waals surface area contributed by atoms with E-state index in [1.807, 2.05) is 6.08 Å². The number of allylic oxidation sites excluding steroid dienone is 7. The SMILES string of the molecule is CCCC/C=C\CCCCCCC(=O)NC(CO)C(O)/C=C/CC/C=C/CC/C=C/CCCCCCCCCCCCC.